The van der Waals surface area contributed by atoms with Gasteiger partial charge in [0, 0.05) is 25.4 Å². The van der Waals surface area contributed by atoms with Gasteiger partial charge >= 0.3 is 0 Å². The number of hydrogen-bond acceptors (Lipinski definition) is 2. The smallest absolute Gasteiger partial charge is 0.243 e. The summed E-state index contributed by atoms with van der Waals surface area (Å²) in [5.41, 5.74) is 4.61. The van der Waals surface area contributed by atoms with Crippen molar-refractivity contribution in [1.82, 2.24) is 10.2 Å². The Bertz CT molecular complexity index is 1160. The average Bonchev–Trinajstić information content (AvgIpc) is 3.43. The number of aryl methyl sites for hydroxylation is 1. The van der Waals surface area contributed by atoms with Gasteiger partial charge in [0.15, 0.2) is 0 Å². The molecule has 4 nitrogen and oxygen atoms in total. The summed E-state index contributed by atoms with van der Waals surface area (Å²) in [5, 5.41) is 3.28. The topological polar surface area (TPSA) is 49.4 Å². The molecule has 0 spiro atoms. The van der Waals surface area contributed by atoms with Crippen molar-refractivity contribution < 1.29 is 9.59 Å². The van der Waals surface area contributed by atoms with Crippen LogP contribution in [-0.4, -0.2) is 28.8 Å². The first-order chi connectivity index (χ1) is 18.3. The molecule has 38 heavy (non-hydrogen) atoms. The van der Waals surface area contributed by atoms with E-state index in [0.29, 0.717) is 25.8 Å². The zero-order chi connectivity index (χ0) is 27.0. The molecule has 0 aromatic heterocycles. The Kier molecular flexibility index (Phi) is 9.38. The summed E-state index contributed by atoms with van der Waals surface area (Å²) in [4.78, 5) is 29.4. The zero-order valence-corrected chi connectivity index (χ0v) is 23.2. The molecule has 0 saturated heterocycles. The second kappa shape index (κ2) is 12.9. The van der Waals surface area contributed by atoms with E-state index in [0.717, 1.165) is 42.4 Å². The largest absolute Gasteiger partial charge is 0.352 e. The quantitative estimate of drug-likeness (QED) is 0.333. The summed E-state index contributed by atoms with van der Waals surface area (Å²) < 4.78 is 0. The van der Waals surface area contributed by atoms with E-state index in [4.69, 9.17) is 0 Å². The molecule has 1 saturated carbocycles. The molecule has 2 amide bonds. The van der Waals surface area contributed by atoms with Crippen molar-refractivity contribution in [1.29, 1.82) is 0 Å². The van der Waals surface area contributed by atoms with Crippen LogP contribution in [0.3, 0.4) is 0 Å². The predicted octanol–water partition coefficient (Wildman–Crippen LogP) is 6.62. The summed E-state index contributed by atoms with van der Waals surface area (Å²) in [5.74, 6) is -0.0316. The van der Waals surface area contributed by atoms with Crippen molar-refractivity contribution in [2.45, 2.75) is 89.8 Å². The van der Waals surface area contributed by atoms with Crippen molar-refractivity contribution in [3.8, 4) is 0 Å². The Labute approximate surface area is 228 Å². The standard InChI is InChI=1S/C34H42N2O2/c1-34(2,3)29-21-18-26(19-22-29)20-23-32(37)36(25-28-14-8-5-9-15-28)31(24-27-12-6-4-7-13-27)33(38)35-30-16-10-11-17-30/h4-9,12-15,18-19,21-22,30-31H,10-11,16-17,20,23-25H2,1-3H3,(H,35,38). The van der Waals surface area contributed by atoms with Crippen LogP contribution < -0.4 is 5.32 Å². The van der Waals surface area contributed by atoms with Crippen LogP contribution in [0.4, 0.5) is 0 Å². The summed E-state index contributed by atoms with van der Waals surface area (Å²) in [6.07, 6.45) is 5.84. The fraction of sp³-hybridized carbons (Fsp3) is 0.412. The molecular formula is C34H42N2O2. The molecule has 1 unspecified atom stereocenters. The molecule has 0 bridgehead atoms. The molecule has 0 radical (unpaired) electrons. The van der Waals surface area contributed by atoms with Gasteiger partial charge in [-0.2, -0.15) is 0 Å². The Morgan fingerprint density at radius 2 is 1.39 bits per heavy atom. The highest BCUT2D eigenvalue weighted by atomic mass is 16.2. The van der Waals surface area contributed by atoms with Gasteiger partial charge in [0.1, 0.15) is 6.04 Å². The monoisotopic (exact) mass is 510 g/mol. The third kappa shape index (κ3) is 7.80. The number of nitrogens with zero attached hydrogens (tertiary/aromatic N) is 1. The van der Waals surface area contributed by atoms with Gasteiger partial charge in [0.05, 0.1) is 0 Å². The fourth-order valence-electron chi connectivity index (χ4n) is 5.27. The molecule has 0 aliphatic heterocycles. The number of nitrogens with one attached hydrogen (secondary N) is 1. The summed E-state index contributed by atoms with van der Waals surface area (Å²) in [6.45, 7) is 7.03. The molecular weight excluding hydrogens is 468 g/mol. The van der Waals surface area contributed by atoms with Gasteiger partial charge in [-0.3, -0.25) is 9.59 Å². The highest BCUT2D eigenvalue weighted by molar-refractivity contribution is 5.88. The van der Waals surface area contributed by atoms with Crippen LogP contribution >= 0.6 is 0 Å². The minimum atomic E-state index is -0.561. The van der Waals surface area contributed by atoms with E-state index < -0.39 is 6.04 Å². The van der Waals surface area contributed by atoms with Crippen LogP contribution in [-0.2, 0) is 34.4 Å². The van der Waals surface area contributed by atoms with E-state index in [1.54, 1.807) is 0 Å². The first-order valence-electron chi connectivity index (χ1n) is 14.1. The molecule has 0 heterocycles. The first-order valence-corrected chi connectivity index (χ1v) is 14.1. The minimum Gasteiger partial charge on any atom is -0.352 e. The van der Waals surface area contributed by atoms with Crippen LogP contribution in [0.5, 0.6) is 0 Å². The van der Waals surface area contributed by atoms with Crippen molar-refractivity contribution in [2.24, 2.45) is 0 Å². The Balaban J connectivity index is 1.56. The Morgan fingerprint density at radius 1 is 0.816 bits per heavy atom. The molecule has 1 N–H and O–H groups in total. The molecule has 1 aliphatic carbocycles. The lowest BCUT2D eigenvalue weighted by atomic mass is 9.86. The lowest BCUT2D eigenvalue weighted by Gasteiger charge is -2.32. The average molecular weight is 511 g/mol. The lowest BCUT2D eigenvalue weighted by Crippen LogP contribution is -2.52. The molecule has 1 aliphatic rings. The van der Waals surface area contributed by atoms with Crippen LogP contribution in [0.25, 0.3) is 0 Å². The third-order valence-corrected chi connectivity index (χ3v) is 7.62. The van der Waals surface area contributed by atoms with E-state index >= 15 is 0 Å². The van der Waals surface area contributed by atoms with Crippen LogP contribution in [0.1, 0.15) is 75.1 Å². The van der Waals surface area contributed by atoms with Crippen LogP contribution in [0, 0.1) is 0 Å². The Hall–Kier alpha value is -3.40. The van der Waals surface area contributed by atoms with E-state index in [1.807, 2.05) is 65.6 Å². The van der Waals surface area contributed by atoms with Gasteiger partial charge in [0.2, 0.25) is 11.8 Å². The molecule has 200 valence electrons. The first kappa shape index (κ1) is 27.6. The van der Waals surface area contributed by atoms with Crippen LogP contribution in [0.2, 0.25) is 0 Å². The zero-order valence-electron chi connectivity index (χ0n) is 23.2. The van der Waals surface area contributed by atoms with E-state index in [2.05, 4.69) is 50.4 Å². The highest BCUT2D eigenvalue weighted by Crippen LogP contribution is 2.23. The van der Waals surface area contributed by atoms with Crippen molar-refractivity contribution in [2.75, 3.05) is 0 Å². The SMILES string of the molecule is CC(C)(C)c1ccc(CCC(=O)N(Cc2ccccc2)C(Cc2ccccc2)C(=O)NC2CCCC2)cc1. The summed E-state index contributed by atoms with van der Waals surface area (Å²) in [7, 11) is 0. The lowest BCUT2D eigenvalue weighted by molar-refractivity contribution is -0.141. The predicted molar refractivity (Wildman–Crippen MR) is 155 cm³/mol. The van der Waals surface area contributed by atoms with Crippen molar-refractivity contribution in [3.63, 3.8) is 0 Å². The maximum atomic E-state index is 13.9. The second-order valence-electron chi connectivity index (χ2n) is 11.6. The van der Waals surface area contributed by atoms with E-state index in [1.165, 1.54) is 5.56 Å². The van der Waals surface area contributed by atoms with Gasteiger partial charge < -0.3 is 10.2 Å². The van der Waals surface area contributed by atoms with Gasteiger partial charge in [-0.15, -0.1) is 0 Å². The molecule has 3 aromatic carbocycles. The number of carbonyl (C=O) groups excluding carboxylic acids is 2. The number of benzene rings is 3. The highest BCUT2D eigenvalue weighted by Gasteiger charge is 2.32. The number of amides is 2. The number of hydrogen-bond donors (Lipinski definition) is 1. The fourth-order valence-corrected chi connectivity index (χ4v) is 5.27. The van der Waals surface area contributed by atoms with Gasteiger partial charge in [0.25, 0.3) is 0 Å². The van der Waals surface area contributed by atoms with Crippen molar-refractivity contribution >= 4 is 11.8 Å². The summed E-state index contributed by atoms with van der Waals surface area (Å²) >= 11 is 0. The maximum absolute atomic E-state index is 13.9. The van der Waals surface area contributed by atoms with Crippen molar-refractivity contribution in [3.05, 3.63) is 107 Å². The third-order valence-electron chi connectivity index (χ3n) is 7.62. The number of carbonyl (C=O) groups is 2. The summed E-state index contributed by atoms with van der Waals surface area (Å²) in [6, 6.07) is 28.3. The molecule has 1 fully saturated rings. The van der Waals surface area contributed by atoms with Gasteiger partial charge in [-0.25, -0.2) is 0 Å². The number of rotatable bonds is 10. The minimum absolute atomic E-state index is 0.0104. The van der Waals surface area contributed by atoms with Gasteiger partial charge in [-0.1, -0.05) is 119 Å². The van der Waals surface area contributed by atoms with E-state index in [-0.39, 0.29) is 23.3 Å². The maximum Gasteiger partial charge on any atom is 0.243 e. The second-order valence-corrected chi connectivity index (χ2v) is 11.6. The van der Waals surface area contributed by atoms with E-state index in [9.17, 15) is 9.59 Å². The normalized spacial score (nSPS) is 14.7. The van der Waals surface area contributed by atoms with Crippen LogP contribution in [0.15, 0.2) is 84.9 Å². The molecule has 4 heteroatoms. The van der Waals surface area contributed by atoms with Gasteiger partial charge in [-0.05, 0) is 46.9 Å². The Morgan fingerprint density at radius 3 is 1.97 bits per heavy atom. The molecule has 3 aromatic rings. The molecule has 4 rings (SSSR count). The molecule has 1 atom stereocenters.